The fourth-order valence-corrected chi connectivity index (χ4v) is 3.12. The number of halogens is 1. The molecule has 0 saturated heterocycles. The molecule has 7 heteroatoms. The highest BCUT2D eigenvalue weighted by atomic mass is 79.9. The van der Waals surface area contributed by atoms with Crippen molar-refractivity contribution in [2.45, 2.75) is 33.8 Å². The molecule has 0 spiro atoms. The van der Waals surface area contributed by atoms with Gasteiger partial charge in [-0.15, -0.1) is 0 Å². The van der Waals surface area contributed by atoms with E-state index in [4.69, 9.17) is 0 Å². The number of aromatic nitrogens is 3. The molecule has 6 nitrogen and oxygen atoms in total. The monoisotopic (exact) mass is 419 g/mol. The molecule has 1 aromatic carbocycles. The van der Waals surface area contributed by atoms with Gasteiger partial charge in [-0.3, -0.25) is 0 Å². The molecule has 138 valence electrons. The molecule has 1 atom stereocenters. The molecular weight excluding hydrogens is 398 g/mol. The zero-order valence-electron chi connectivity index (χ0n) is 15.4. The Labute approximate surface area is 161 Å². The van der Waals surface area contributed by atoms with Crippen molar-refractivity contribution >= 4 is 27.5 Å². The Morgan fingerprint density at radius 1 is 1.27 bits per heavy atom. The Balaban J connectivity index is 0.00000117. The zero-order valence-corrected chi connectivity index (χ0v) is 17.0. The number of hydrogen-bond acceptors (Lipinski definition) is 5. The number of aliphatic hydroxyl groups excluding tert-OH is 1. The number of ether oxygens (including phenoxy) is 1. The van der Waals surface area contributed by atoms with E-state index in [1.807, 2.05) is 44.2 Å². The summed E-state index contributed by atoms with van der Waals surface area (Å²) in [6.45, 7) is 7.54. The van der Waals surface area contributed by atoms with Crippen LogP contribution in [0.3, 0.4) is 0 Å². The van der Waals surface area contributed by atoms with E-state index in [2.05, 4.69) is 30.7 Å². The van der Waals surface area contributed by atoms with Crippen LogP contribution in [0, 0.1) is 13.8 Å². The van der Waals surface area contributed by atoms with Gasteiger partial charge in [-0.25, -0.2) is 14.3 Å². The van der Waals surface area contributed by atoms with Crippen LogP contribution in [0.1, 0.15) is 36.9 Å². The van der Waals surface area contributed by atoms with Crippen molar-refractivity contribution in [1.82, 2.24) is 14.6 Å². The zero-order chi connectivity index (χ0) is 19.4. The summed E-state index contributed by atoms with van der Waals surface area (Å²) in [7, 11) is 1.24. The summed E-state index contributed by atoms with van der Waals surface area (Å²) >= 11 is 3.45. The van der Waals surface area contributed by atoms with Crippen molar-refractivity contribution in [3.8, 4) is 11.3 Å². The molecule has 0 aliphatic carbocycles. The van der Waals surface area contributed by atoms with Crippen molar-refractivity contribution in [2.75, 3.05) is 7.11 Å². The normalized spacial score (nSPS) is 11.7. The third kappa shape index (κ3) is 3.78. The number of benzene rings is 1. The largest absolute Gasteiger partial charge is 0.467 e. The minimum absolute atomic E-state index is 0.415. The molecule has 1 N–H and O–H groups in total. The summed E-state index contributed by atoms with van der Waals surface area (Å²) in [5.74, 6) is -0.721. The number of esters is 1. The molecule has 2 heterocycles. The first-order chi connectivity index (χ1) is 12.4. The van der Waals surface area contributed by atoms with Gasteiger partial charge >= 0.3 is 5.97 Å². The Bertz CT molecular complexity index is 937. The number of aryl methyl sites for hydroxylation is 2. The predicted octanol–water partition coefficient (Wildman–Crippen LogP) is 4.01. The van der Waals surface area contributed by atoms with Crippen LogP contribution >= 0.6 is 15.9 Å². The lowest BCUT2D eigenvalue weighted by atomic mass is 10.1. The van der Waals surface area contributed by atoms with Gasteiger partial charge in [-0.2, -0.15) is 5.10 Å². The lowest BCUT2D eigenvalue weighted by Gasteiger charge is -2.14. The van der Waals surface area contributed by atoms with Gasteiger partial charge in [-0.05, 0) is 26.0 Å². The van der Waals surface area contributed by atoms with E-state index in [9.17, 15) is 9.90 Å². The molecule has 0 aliphatic heterocycles. The molecular formula is C19H22BrN3O3. The standard InChI is InChI=1S/C17H16BrN3O3.C2H6/c1-9-15(16(22)17(23)24-3)10(2)21-14(19-9)8-13(20-21)11-5-4-6-12(18)7-11;1-2/h4-8,16,22H,1-3H3;1-2H3. The fraction of sp³-hybridized carbons (Fsp3) is 0.316. The number of hydrogen-bond donors (Lipinski definition) is 1. The van der Waals surface area contributed by atoms with Gasteiger partial charge in [0.25, 0.3) is 0 Å². The maximum Gasteiger partial charge on any atom is 0.339 e. The van der Waals surface area contributed by atoms with E-state index in [-0.39, 0.29) is 0 Å². The van der Waals surface area contributed by atoms with E-state index in [1.165, 1.54) is 7.11 Å². The van der Waals surface area contributed by atoms with Crippen molar-refractivity contribution in [3.05, 3.63) is 51.8 Å². The maximum atomic E-state index is 11.7. The summed E-state index contributed by atoms with van der Waals surface area (Å²) in [5.41, 5.74) is 3.99. The molecule has 3 aromatic rings. The first-order valence-electron chi connectivity index (χ1n) is 8.31. The smallest absolute Gasteiger partial charge is 0.339 e. The number of rotatable bonds is 3. The molecule has 0 radical (unpaired) electrons. The number of methoxy groups -OCH3 is 1. The van der Waals surface area contributed by atoms with Crippen LogP contribution < -0.4 is 0 Å². The highest BCUT2D eigenvalue weighted by molar-refractivity contribution is 9.10. The first-order valence-corrected chi connectivity index (χ1v) is 9.10. The highest BCUT2D eigenvalue weighted by Crippen LogP contribution is 2.27. The Morgan fingerprint density at radius 3 is 2.58 bits per heavy atom. The van der Waals surface area contributed by atoms with Crippen LogP contribution in [-0.2, 0) is 9.53 Å². The van der Waals surface area contributed by atoms with Crippen molar-refractivity contribution in [1.29, 1.82) is 0 Å². The Hall–Kier alpha value is -2.25. The minimum Gasteiger partial charge on any atom is -0.467 e. The number of carbonyl (C=O) groups is 1. The molecule has 0 fully saturated rings. The van der Waals surface area contributed by atoms with Crippen LogP contribution in [-0.4, -0.2) is 32.8 Å². The minimum atomic E-state index is -1.38. The van der Waals surface area contributed by atoms with Gasteiger partial charge < -0.3 is 9.84 Å². The van der Waals surface area contributed by atoms with Gasteiger partial charge in [0.2, 0.25) is 0 Å². The molecule has 26 heavy (non-hydrogen) atoms. The Morgan fingerprint density at radius 2 is 1.96 bits per heavy atom. The van der Waals surface area contributed by atoms with Gasteiger partial charge in [0.1, 0.15) is 0 Å². The molecule has 0 aliphatic rings. The lowest BCUT2D eigenvalue weighted by Crippen LogP contribution is -2.18. The third-order valence-electron chi connectivity index (χ3n) is 3.89. The molecule has 0 saturated carbocycles. The van der Waals surface area contributed by atoms with Crippen LogP contribution in [0.25, 0.3) is 16.9 Å². The van der Waals surface area contributed by atoms with Gasteiger partial charge in [0.05, 0.1) is 12.8 Å². The van der Waals surface area contributed by atoms with E-state index < -0.39 is 12.1 Å². The molecule has 1 unspecified atom stereocenters. The summed E-state index contributed by atoms with van der Waals surface area (Å²) in [5, 5.41) is 14.8. The molecule has 0 bridgehead atoms. The fourth-order valence-electron chi connectivity index (χ4n) is 2.72. The summed E-state index contributed by atoms with van der Waals surface area (Å²) in [6, 6.07) is 9.67. The number of nitrogens with zero attached hydrogens (tertiary/aromatic N) is 3. The van der Waals surface area contributed by atoms with Gasteiger partial charge in [-0.1, -0.05) is 41.9 Å². The molecule has 0 amide bonds. The average Bonchev–Trinajstić information content (AvgIpc) is 3.07. The summed E-state index contributed by atoms with van der Waals surface area (Å²) in [4.78, 5) is 16.1. The van der Waals surface area contributed by atoms with E-state index in [0.29, 0.717) is 22.6 Å². The molecule has 2 aromatic heterocycles. The summed E-state index contributed by atoms with van der Waals surface area (Å²) in [6.07, 6.45) is -1.38. The SMILES string of the molecule is CC.COC(=O)C(O)c1c(C)nc2cc(-c3cccc(Br)c3)nn2c1C. The van der Waals surface area contributed by atoms with Crippen molar-refractivity contribution in [3.63, 3.8) is 0 Å². The van der Waals surface area contributed by atoms with Crippen LogP contribution in [0.2, 0.25) is 0 Å². The van der Waals surface area contributed by atoms with E-state index in [1.54, 1.807) is 18.4 Å². The quantitative estimate of drug-likeness (QED) is 0.648. The molecule has 3 rings (SSSR count). The number of fused-ring (bicyclic) bond motifs is 1. The van der Waals surface area contributed by atoms with Crippen LogP contribution in [0.4, 0.5) is 0 Å². The lowest BCUT2D eigenvalue weighted by molar-refractivity contribution is -0.150. The topological polar surface area (TPSA) is 76.7 Å². The second-order valence-corrected chi connectivity index (χ2v) is 6.35. The predicted molar refractivity (Wildman–Crippen MR) is 104 cm³/mol. The maximum absolute atomic E-state index is 11.7. The van der Waals surface area contributed by atoms with Crippen molar-refractivity contribution < 1.29 is 14.6 Å². The van der Waals surface area contributed by atoms with Crippen molar-refractivity contribution in [2.24, 2.45) is 0 Å². The number of aliphatic hydroxyl groups is 1. The first kappa shape index (κ1) is 20.1. The second-order valence-electron chi connectivity index (χ2n) is 5.43. The Kier molecular flexibility index (Phi) is 6.50. The van der Waals surface area contributed by atoms with Crippen LogP contribution in [0.15, 0.2) is 34.8 Å². The van der Waals surface area contributed by atoms with Gasteiger partial charge in [0, 0.05) is 33.1 Å². The third-order valence-corrected chi connectivity index (χ3v) is 4.38. The van der Waals surface area contributed by atoms with Crippen LogP contribution in [0.5, 0.6) is 0 Å². The average molecular weight is 420 g/mol. The van der Waals surface area contributed by atoms with E-state index in [0.717, 1.165) is 15.7 Å². The summed E-state index contributed by atoms with van der Waals surface area (Å²) < 4.78 is 7.21. The van der Waals surface area contributed by atoms with E-state index >= 15 is 0 Å². The number of carbonyl (C=O) groups excluding carboxylic acids is 1. The second kappa shape index (κ2) is 8.42. The highest BCUT2D eigenvalue weighted by Gasteiger charge is 2.25. The van der Waals surface area contributed by atoms with Gasteiger partial charge in [0.15, 0.2) is 11.8 Å².